The number of carbonyl (C=O) groups excluding carboxylic acids is 2. The molecule has 11 nitrogen and oxygen atoms in total. The summed E-state index contributed by atoms with van der Waals surface area (Å²) in [5, 5.41) is 56.9. The average molecular weight is 1040 g/mol. The summed E-state index contributed by atoms with van der Waals surface area (Å²) in [6.07, 6.45) is 55.9. The van der Waals surface area contributed by atoms with Gasteiger partial charge in [0.25, 0.3) is 0 Å². The second-order valence-electron chi connectivity index (χ2n) is 20.0. The first-order valence-electron chi connectivity index (χ1n) is 29.5. The second-order valence-corrected chi connectivity index (χ2v) is 20.0. The van der Waals surface area contributed by atoms with E-state index in [1.165, 1.54) is 57.8 Å². The highest BCUT2D eigenvalue weighted by molar-refractivity contribution is 5.80. The SMILES string of the molecule is CC/C=C\C/C=C\C/C=C\C/C=C\C/C=C\CCCCCC(=O)OC1C(OCC(NC(=O)C(O)CCCCCCCC/C=C/C/C=C/CC)C(O)/C=C/CCCCCCCCCCCCC)OC(CO)C(O)C1O. The molecule has 0 aromatic rings. The van der Waals surface area contributed by atoms with Gasteiger partial charge >= 0.3 is 5.97 Å². The first-order chi connectivity index (χ1) is 36.2. The first kappa shape index (κ1) is 68.6. The first-order valence-corrected chi connectivity index (χ1v) is 29.5. The zero-order valence-corrected chi connectivity index (χ0v) is 46.7. The van der Waals surface area contributed by atoms with E-state index in [0.29, 0.717) is 12.8 Å². The molecule has 1 rings (SSSR count). The number of aliphatic hydroxyl groups excluding tert-OH is 5. The van der Waals surface area contributed by atoms with Gasteiger partial charge in [-0.05, 0) is 96.3 Å². The Morgan fingerprint density at radius 3 is 1.46 bits per heavy atom. The summed E-state index contributed by atoms with van der Waals surface area (Å²) < 4.78 is 17.6. The van der Waals surface area contributed by atoms with E-state index in [2.05, 4.69) is 111 Å². The molecule has 1 aliphatic heterocycles. The van der Waals surface area contributed by atoms with E-state index in [1.54, 1.807) is 6.08 Å². The molecule has 0 spiro atoms. The van der Waals surface area contributed by atoms with Crippen LogP contribution in [0.5, 0.6) is 0 Å². The number of amides is 1. The lowest BCUT2D eigenvalue weighted by atomic mass is 9.99. The molecule has 0 aliphatic carbocycles. The van der Waals surface area contributed by atoms with Gasteiger partial charge in [-0.25, -0.2) is 0 Å². The molecule has 1 fully saturated rings. The van der Waals surface area contributed by atoms with Crippen molar-refractivity contribution in [1.82, 2.24) is 5.32 Å². The van der Waals surface area contributed by atoms with Crippen LogP contribution < -0.4 is 5.32 Å². The van der Waals surface area contributed by atoms with Crippen LogP contribution in [0.3, 0.4) is 0 Å². The summed E-state index contributed by atoms with van der Waals surface area (Å²) >= 11 is 0. The third-order valence-electron chi connectivity index (χ3n) is 13.2. The lowest BCUT2D eigenvalue weighted by Crippen LogP contribution is -2.61. The van der Waals surface area contributed by atoms with Crippen molar-refractivity contribution >= 4 is 11.9 Å². The standard InChI is InChI=1S/C63H107NO10/c1-4-7-10-13-16-19-22-25-26-27-28-29-30-33-36-39-42-45-48-51-58(68)74-61-60(70)59(69)57(52-65)73-63(61)72-53-54(55(66)49-46-43-40-37-34-31-23-20-17-14-11-8-5-2)64-62(71)56(67)50-47-44-41-38-35-32-24-21-18-15-12-9-6-3/h7,9-10,12,16,18-19,21,25-26,28-29,33,36,46,49,54-57,59-61,63,65-67,69-70H,4-6,8,11,13-15,17,20,22-24,27,30-32,34-35,37-45,47-48,50-53H2,1-3H3,(H,64,71)/b10-7-,12-9+,19-16-,21-18+,26-25-,29-28-,36-33-,49-46+. The molecular formula is C63H107NO10. The molecule has 1 aliphatic rings. The fourth-order valence-electron chi connectivity index (χ4n) is 8.60. The van der Waals surface area contributed by atoms with Gasteiger partial charge in [0, 0.05) is 6.42 Å². The second kappa shape index (κ2) is 50.4. The fraction of sp³-hybridized carbons (Fsp3) is 0.714. The van der Waals surface area contributed by atoms with Crippen LogP contribution in [0, 0.1) is 0 Å². The number of aliphatic hydroxyl groups is 5. The maximum absolute atomic E-state index is 13.4. The maximum Gasteiger partial charge on any atom is 0.306 e. The zero-order chi connectivity index (χ0) is 54.0. The fourth-order valence-corrected chi connectivity index (χ4v) is 8.60. The van der Waals surface area contributed by atoms with E-state index < -0.39 is 67.4 Å². The van der Waals surface area contributed by atoms with Gasteiger partial charge in [-0.2, -0.15) is 0 Å². The molecule has 0 aromatic heterocycles. The van der Waals surface area contributed by atoms with Crippen LogP contribution in [-0.4, -0.2) is 99.6 Å². The third kappa shape index (κ3) is 38.2. The van der Waals surface area contributed by atoms with Crippen molar-refractivity contribution in [1.29, 1.82) is 0 Å². The number of hydrogen-bond acceptors (Lipinski definition) is 10. The van der Waals surface area contributed by atoms with Crippen LogP contribution in [0.15, 0.2) is 97.2 Å². The highest BCUT2D eigenvalue weighted by Gasteiger charge is 2.47. The van der Waals surface area contributed by atoms with Crippen LogP contribution >= 0.6 is 0 Å². The van der Waals surface area contributed by atoms with Crippen molar-refractivity contribution < 1.29 is 49.3 Å². The molecule has 0 bridgehead atoms. The summed E-state index contributed by atoms with van der Waals surface area (Å²) in [7, 11) is 0. The van der Waals surface area contributed by atoms with Gasteiger partial charge in [0.2, 0.25) is 5.91 Å². The van der Waals surface area contributed by atoms with Crippen molar-refractivity contribution in [3.63, 3.8) is 0 Å². The smallest absolute Gasteiger partial charge is 0.306 e. The Hall–Kier alpha value is -3.42. The lowest BCUT2D eigenvalue weighted by molar-refractivity contribution is -0.305. The minimum atomic E-state index is -1.63. The molecule has 424 valence electrons. The normalized spacial score (nSPS) is 20.0. The molecule has 11 heteroatoms. The van der Waals surface area contributed by atoms with Crippen molar-refractivity contribution in [2.45, 2.75) is 275 Å². The minimum absolute atomic E-state index is 0.0787. The number of carbonyl (C=O) groups is 2. The topological polar surface area (TPSA) is 175 Å². The highest BCUT2D eigenvalue weighted by atomic mass is 16.7. The monoisotopic (exact) mass is 1040 g/mol. The van der Waals surface area contributed by atoms with E-state index >= 15 is 0 Å². The average Bonchev–Trinajstić information content (AvgIpc) is 3.40. The molecule has 0 saturated carbocycles. The van der Waals surface area contributed by atoms with Crippen molar-refractivity contribution in [2.75, 3.05) is 13.2 Å². The minimum Gasteiger partial charge on any atom is -0.454 e. The molecule has 1 heterocycles. The van der Waals surface area contributed by atoms with E-state index in [0.717, 1.165) is 122 Å². The van der Waals surface area contributed by atoms with Crippen LogP contribution in [0.2, 0.25) is 0 Å². The predicted octanol–water partition coefficient (Wildman–Crippen LogP) is 13.6. The number of unbranched alkanes of at least 4 members (excludes halogenated alkanes) is 20. The van der Waals surface area contributed by atoms with Crippen LogP contribution in [-0.2, 0) is 23.8 Å². The lowest BCUT2D eigenvalue weighted by Gasteiger charge is -2.41. The van der Waals surface area contributed by atoms with E-state index in [9.17, 15) is 35.1 Å². The Kier molecular flexibility index (Phi) is 46.7. The predicted molar refractivity (Wildman–Crippen MR) is 305 cm³/mol. The van der Waals surface area contributed by atoms with E-state index in [4.69, 9.17) is 14.2 Å². The number of allylic oxidation sites excluding steroid dienone is 15. The van der Waals surface area contributed by atoms with Crippen molar-refractivity contribution in [2.24, 2.45) is 0 Å². The zero-order valence-electron chi connectivity index (χ0n) is 46.7. The summed E-state index contributed by atoms with van der Waals surface area (Å²) in [6, 6.07) is -1.04. The summed E-state index contributed by atoms with van der Waals surface area (Å²) in [5.74, 6) is -1.24. The van der Waals surface area contributed by atoms with Crippen LogP contribution in [0.4, 0.5) is 0 Å². The summed E-state index contributed by atoms with van der Waals surface area (Å²) in [6.45, 7) is 5.53. The van der Waals surface area contributed by atoms with Gasteiger partial charge in [-0.1, -0.05) is 221 Å². The van der Waals surface area contributed by atoms with Crippen LogP contribution in [0.1, 0.15) is 226 Å². The molecule has 6 N–H and O–H groups in total. The molecule has 8 unspecified atom stereocenters. The molecule has 1 amide bonds. The molecule has 8 atom stereocenters. The maximum atomic E-state index is 13.4. The molecule has 74 heavy (non-hydrogen) atoms. The van der Waals surface area contributed by atoms with Gasteiger partial charge < -0.3 is 45.1 Å². The summed E-state index contributed by atoms with van der Waals surface area (Å²) in [4.78, 5) is 26.5. The number of nitrogens with one attached hydrogen (secondary N) is 1. The Morgan fingerprint density at radius 2 is 0.973 bits per heavy atom. The van der Waals surface area contributed by atoms with Gasteiger partial charge in [0.15, 0.2) is 12.4 Å². The number of ether oxygens (including phenoxy) is 3. The molecule has 0 radical (unpaired) electrons. The van der Waals surface area contributed by atoms with Crippen molar-refractivity contribution in [3.8, 4) is 0 Å². The molecular weight excluding hydrogens is 931 g/mol. The van der Waals surface area contributed by atoms with Gasteiger partial charge in [-0.15, -0.1) is 0 Å². The number of rotatable bonds is 48. The largest absolute Gasteiger partial charge is 0.454 e. The Morgan fingerprint density at radius 1 is 0.541 bits per heavy atom. The summed E-state index contributed by atoms with van der Waals surface area (Å²) in [5.41, 5.74) is 0. The molecule has 1 saturated heterocycles. The van der Waals surface area contributed by atoms with E-state index in [-0.39, 0.29) is 19.4 Å². The highest BCUT2D eigenvalue weighted by Crippen LogP contribution is 2.26. The van der Waals surface area contributed by atoms with E-state index in [1.807, 2.05) is 6.08 Å². The Balaban J connectivity index is 2.75. The molecule has 0 aromatic carbocycles. The number of hydrogen-bond donors (Lipinski definition) is 6. The quantitative estimate of drug-likeness (QED) is 0.0195. The Bertz CT molecular complexity index is 1570. The van der Waals surface area contributed by atoms with Gasteiger partial charge in [-0.3, -0.25) is 9.59 Å². The van der Waals surface area contributed by atoms with Crippen LogP contribution in [0.25, 0.3) is 0 Å². The van der Waals surface area contributed by atoms with Gasteiger partial charge in [0.1, 0.15) is 24.4 Å². The Labute approximate surface area is 450 Å². The third-order valence-corrected chi connectivity index (χ3v) is 13.2. The van der Waals surface area contributed by atoms with Crippen molar-refractivity contribution in [3.05, 3.63) is 97.2 Å². The number of esters is 1. The van der Waals surface area contributed by atoms with Gasteiger partial charge in [0.05, 0.1) is 25.4 Å².